The third kappa shape index (κ3) is 5.02. The topological polar surface area (TPSA) is 82.0 Å². The highest BCUT2D eigenvalue weighted by atomic mass is 35.5. The second-order valence-corrected chi connectivity index (χ2v) is 10.9. The van der Waals surface area contributed by atoms with E-state index in [4.69, 9.17) is 16.3 Å². The predicted molar refractivity (Wildman–Crippen MR) is 139 cm³/mol. The van der Waals surface area contributed by atoms with E-state index < -0.39 is 6.10 Å². The van der Waals surface area contributed by atoms with Gasteiger partial charge in [-0.3, -0.25) is 9.80 Å². The van der Waals surface area contributed by atoms with E-state index in [0.29, 0.717) is 11.4 Å². The smallest absolute Gasteiger partial charge is 0.135 e. The minimum Gasteiger partial charge on any atom is -0.387 e. The van der Waals surface area contributed by atoms with Crippen LogP contribution in [0.5, 0.6) is 0 Å². The average Bonchev–Trinajstić information content (AvgIpc) is 3.16. The highest BCUT2D eigenvalue weighted by Crippen LogP contribution is 2.43. The minimum atomic E-state index is -0.513. The summed E-state index contributed by atoms with van der Waals surface area (Å²) < 4.78 is 6.02. The molecule has 2 unspecified atom stereocenters. The second-order valence-electron chi connectivity index (χ2n) is 10.5. The number of carbonyl (C=O) groups excluding carboxylic acids is 1. The number of anilines is 1. The van der Waals surface area contributed by atoms with E-state index in [9.17, 15) is 9.90 Å². The largest absolute Gasteiger partial charge is 0.387 e. The van der Waals surface area contributed by atoms with Crippen molar-refractivity contribution in [3.63, 3.8) is 0 Å². The van der Waals surface area contributed by atoms with Crippen molar-refractivity contribution < 1.29 is 14.6 Å². The molecule has 0 saturated carbocycles. The summed E-state index contributed by atoms with van der Waals surface area (Å²) in [6.07, 6.45) is 2.98. The zero-order valence-corrected chi connectivity index (χ0v) is 22.0. The first-order valence-electron chi connectivity index (χ1n) is 13.0. The molecule has 0 amide bonds. The fraction of sp³-hybridized carbons (Fsp3) is 0.593. The van der Waals surface area contributed by atoms with Crippen LogP contribution in [-0.2, 0) is 9.53 Å². The van der Waals surface area contributed by atoms with E-state index in [1.54, 1.807) is 6.33 Å². The first-order valence-corrected chi connectivity index (χ1v) is 13.4. The normalized spacial score (nSPS) is 29.1. The molecule has 0 radical (unpaired) electrons. The van der Waals surface area contributed by atoms with Gasteiger partial charge in [0.05, 0.1) is 36.1 Å². The number of fused-ring (bicyclic) bond motifs is 1. The monoisotopic (exact) mass is 513 g/mol. The van der Waals surface area contributed by atoms with Gasteiger partial charge < -0.3 is 19.5 Å². The van der Waals surface area contributed by atoms with E-state index in [-0.39, 0.29) is 30.2 Å². The lowest BCUT2D eigenvalue weighted by Gasteiger charge is -2.49. The fourth-order valence-corrected chi connectivity index (χ4v) is 6.40. The van der Waals surface area contributed by atoms with E-state index >= 15 is 0 Å². The molecular weight excluding hydrogens is 478 g/mol. The number of aliphatic hydroxyl groups excluding tert-OH is 1. The summed E-state index contributed by atoms with van der Waals surface area (Å²) in [5, 5.41) is 11.1. The van der Waals surface area contributed by atoms with Gasteiger partial charge in [-0.15, -0.1) is 0 Å². The quantitative estimate of drug-likeness (QED) is 0.590. The number of halogens is 1. The summed E-state index contributed by atoms with van der Waals surface area (Å²) in [6, 6.07) is 7.65. The number of carbonyl (C=O) groups is 1. The van der Waals surface area contributed by atoms with Crippen molar-refractivity contribution in [1.29, 1.82) is 0 Å². The van der Waals surface area contributed by atoms with E-state index in [2.05, 4.69) is 45.4 Å². The van der Waals surface area contributed by atoms with E-state index in [0.717, 1.165) is 68.2 Å². The first-order chi connectivity index (χ1) is 17.4. The summed E-state index contributed by atoms with van der Waals surface area (Å²) in [5.41, 5.74) is 2.83. The second kappa shape index (κ2) is 10.7. The molecule has 0 bridgehead atoms. The van der Waals surface area contributed by atoms with Crippen molar-refractivity contribution in [3.8, 4) is 0 Å². The number of aliphatic hydroxyl groups is 1. The molecule has 1 aliphatic carbocycles. The van der Waals surface area contributed by atoms with Crippen LogP contribution in [0.15, 0.2) is 30.6 Å². The molecule has 36 heavy (non-hydrogen) atoms. The van der Waals surface area contributed by atoms with Gasteiger partial charge in [-0.1, -0.05) is 30.7 Å². The Kier molecular flexibility index (Phi) is 7.60. The zero-order chi connectivity index (χ0) is 25.4. The molecular formula is C27H36ClN5O3. The standard InChI is InChI=1S/C27H36ClN5O3/c1-17-12-23(35)25-24(17)26(30-16-29-25)31-8-10-32(11-9-31)27(33-13-18(2)36-19(3)14-33)22(15-34)20-4-6-21(28)7-5-20/h4-7,15-19,22-23,27,35H,8-14H2,1-3H3/t17-,18-,19+,22?,23-,27?/m1/s1. The number of hydrogen-bond donors (Lipinski definition) is 1. The lowest BCUT2D eigenvalue weighted by Crippen LogP contribution is -2.62. The maximum Gasteiger partial charge on any atom is 0.135 e. The maximum absolute atomic E-state index is 12.6. The molecule has 0 spiro atoms. The third-order valence-corrected chi connectivity index (χ3v) is 8.06. The van der Waals surface area contributed by atoms with Crippen molar-refractivity contribution >= 4 is 23.7 Å². The number of morpholine rings is 1. The van der Waals surface area contributed by atoms with Gasteiger partial charge in [-0.05, 0) is 43.9 Å². The van der Waals surface area contributed by atoms with Crippen LogP contribution in [0.25, 0.3) is 0 Å². The summed E-state index contributed by atoms with van der Waals surface area (Å²) in [4.78, 5) is 28.8. The highest BCUT2D eigenvalue weighted by molar-refractivity contribution is 6.30. The molecule has 9 heteroatoms. The number of ether oxygens (including phenoxy) is 1. The minimum absolute atomic E-state index is 0.0727. The summed E-state index contributed by atoms with van der Waals surface area (Å²) in [7, 11) is 0. The number of benzene rings is 1. The number of hydrogen-bond acceptors (Lipinski definition) is 8. The number of aldehydes is 1. The van der Waals surface area contributed by atoms with Gasteiger partial charge in [0.15, 0.2) is 0 Å². The lowest BCUT2D eigenvalue weighted by molar-refractivity contribution is -0.125. The van der Waals surface area contributed by atoms with E-state index in [1.165, 1.54) is 0 Å². The van der Waals surface area contributed by atoms with Crippen molar-refractivity contribution in [2.24, 2.45) is 0 Å². The molecule has 3 heterocycles. The Morgan fingerprint density at radius 1 is 1.03 bits per heavy atom. The van der Waals surface area contributed by atoms with Gasteiger partial charge in [0, 0.05) is 49.9 Å². The summed E-state index contributed by atoms with van der Waals surface area (Å²) >= 11 is 6.15. The molecule has 2 aliphatic heterocycles. The molecule has 6 atom stereocenters. The Labute approximate surface area is 218 Å². The van der Waals surface area contributed by atoms with Gasteiger partial charge in [0.2, 0.25) is 0 Å². The van der Waals surface area contributed by atoms with Crippen LogP contribution >= 0.6 is 11.6 Å². The number of aromatic nitrogens is 2. The Balaban J connectivity index is 1.40. The van der Waals surface area contributed by atoms with Gasteiger partial charge in [0.1, 0.15) is 18.4 Å². The van der Waals surface area contributed by atoms with Crippen molar-refractivity contribution in [2.45, 2.75) is 63.5 Å². The molecule has 1 aromatic heterocycles. The molecule has 5 rings (SSSR count). The Hall–Kier alpha value is -2.10. The molecule has 2 saturated heterocycles. The van der Waals surface area contributed by atoms with Gasteiger partial charge in [0.25, 0.3) is 0 Å². The fourth-order valence-electron chi connectivity index (χ4n) is 6.28. The van der Waals surface area contributed by atoms with Crippen LogP contribution in [-0.4, -0.2) is 88.8 Å². The molecule has 3 aliphatic rings. The van der Waals surface area contributed by atoms with Gasteiger partial charge >= 0.3 is 0 Å². The van der Waals surface area contributed by atoms with Gasteiger partial charge in [-0.25, -0.2) is 9.97 Å². The van der Waals surface area contributed by atoms with Crippen LogP contribution in [0.1, 0.15) is 62.0 Å². The van der Waals surface area contributed by atoms with Crippen LogP contribution in [0.4, 0.5) is 5.82 Å². The summed E-state index contributed by atoms with van der Waals surface area (Å²) in [6.45, 7) is 11.1. The van der Waals surface area contributed by atoms with Crippen LogP contribution in [0.3, 0.4) is 0 Å². The molecule has 1 aromatic carbocycles. The molecule has 8 nitrogen and oxygen atoms in total. The van der Waals surface area contributed by atoms with Crippen molar-refractivity contribution in [2.75, 3.05) is 44.2 Å². The zero-order valence-electron chi connectivity index (χ0n) is 21.3. The van der Waals surface area contributed by atoms with E-state index in [1.807, 2.05) is 24.3 Å². The number of piperazine rings is 1. The number of rotatable bonds is 6. The van der Waals surface area contributed by atoms with Crippen molar-refractivity contribution in [3.05, 3.63) is 52.4 Å². The lowest BCUT2D eigenvalue weighted by atomic mass is 9.94. The van der Waals surface area contributed by atoms with Gasteiger partial charge in [-0.2, -0.15) is 0 Å². The molecule has 2 aromatic rings. The SMILES string of the molecule is C[C@@H]1CN(C(C(C=O)c2ccc(Cl)cc2)N2CCN(c3ncnc4c3[C@H](C)C[C@H]4O)CC2)C[C@H](C)O1. The third-order valence-electron chi connectivity index (χ3n) is 7.81. The van der Waals surface area contributed by atoms with Crippen LogP contribution in [0, 0.1) is 0 Å². The van der Waals surface area contributed by atoms with Crippen LogP contribution < -0.4 is 4.90 Å². The van der Waals surface area contributed by atoms with Crippen molar-refractivity contribution in [1.82, 2.24) is 19.8 Å². The first kappa shape index (κ1) is 25.5. The number of nitrogens with zero attached hydrogens (tertiary/aromatic N) is 5. The molecule has 1 N–H and O–H groups in total. The Morgan fingerprint density at radius 3 is 2.33 bits per heavy atom. The summed E-state index contributed by atoms with van der Waals surface area (Å²) in [5.74, 6) is 0.876. The molecule has 2 fully saturated rings. The maximum atomic E-state index is 12.6. The average molecular weight is 514 g/mol. The molecule has 194 valence electrons. The highest BCUT2D eigenvalue weighted by Gasteiger charge is 2.40. The Bertz CT molecular complexity index is 1050. The Morgan fingerprint density at radius 2 is 1.69 bits per heavy atom. The van der Waals surface area contributed by atoms with Crippen LogP contribution in [0.2, 0.25) is 5.02 Å². The predicted octanol–water partition coefficient (Wildman–Crippen LogP) is 3.21.